The highest BCUT2D eigenvalue weighted by atomic mass is 16.4. The lowest BCUT2D eigenvalue weighted by atomic mass is 9.91. The van der Waals surface area contributed by atoms with Gasteiger partial charge in [0.2, 0.25) is 0 Å². The molecule has 2 atom stereocenters. The van der Waals surface area contributed by atoms with Gasteiger partial charge in [-0.2, -0.15) is 0 Å². The van der Waals surface area contributed by atoms with E-state index in [9.17, 15) is 9.90 Å². The van der Waals surface area contributed by atoms with Gasteiger partial charge in [0.15, 0.2) is 0 Å². The lowest BCUT2D eigenvalue weighted by Gasteiger charge is -2.29. The number of aromatic amines is 1. The molecule has 25 heavy (non-hydrogen) atoms. The van der Waals surface area contributed by atoms with Crippen LogP contribution in [0.2, 0.25) is 0 Å². The molecule has 4 heteroatoms. The predicted molar refractivity (Wildman–Crippen MR) is 102 cm³/mol. The summed E-state index contributed by atoms with van der Waals surface area (Å²) in [6.45, 7) is 2.24. The van der Waals surface area contributed by atoms with Crippen molar-refractivity contribution in [1.82, 2.24) is 10.3 Å². The third-order valence-electron chi connectivity index (χ3n) is 5.40. The van der Waals surface area contributed by atoms with Crippen LogP contribution >= 0.6 is 0 Å². The summed E-state index contributed by atoms with van der Waals surface area (Å²) in [5, 5.41) is 14.0. The number of rotatable bonds is 9. The van der Waals surface area contributed by atoms with E-state index in [1.807, 2.05) is 12.1 Å². The topological polar surface area (TPSA) is 65.1 Å². The normalized spacial score (nSPS) is 19.9. The van der Waals surface area contributed by atoms with E-state index in [1.165, 1.54) is 55.2 Å². The molecule has 1 aromatic heterocycles. The number of hydrogen-bond donors (Lipinski definition) is 3. The standard InChI is InChI=1S/C21H30N2O2/c1-2-3-4-5-6-7-8-13-18-20-16(14-19(22-18)21(24)25)15-11-9-10-12-17(15)23-20/h9-12,18-19,22-23H,2-8,13-14H2,1H3,(H,24,25)/t18-,19-/m1/s1. The maximum absolute atomic E-state index is 11.6. The molecule has 0 saturated carbocycles. The van der Waals surface area contributed by atoms with Crippen molar-refractivity contribution in [3.63, 3.8) is 0 Å². The van der Waals surface area contributed by atoms with Gasteiger partial charge in [-0.05, 0) is 18.1 Å². The first-order chi connectivity index (χ1) is 12.2. The van der Waals surface area contributed by atoms with Crippen LogP contribution in [0, 0.1) is 0 Å². The molecule has 0 bridgehead atoms. The van der Waals surface area contributed by atoms with Crippen molar-refractivity contribution in [3.8, 4) is 0 Å². The number of hydrogen-bond acceptors (Lipinski definition) is 2. The molecule has 1 aromatic carbocycles. The van der Waals surface area contributed by atoms with E-state index in [-0.39, 0.29) is 6.04 Å². The Bertz CT molecular complexity index is 707. The lowest BCUT2D eigenvalue weighted by Crippen LogP contribution is -2.44. The average Bonchev–Trinajstić information content (AvgIpc) is 2.99. The molecule has 1 aliphatic heterocycles. The van der Waals surface area contributed by atoms with E-state index in [2.05, 4.69) is 29.4 Å². The van der Waals surface area contributed by atoms with Gasteiger partial charge in [0, 0.05) is 29.1 Å². The highest BCUT2D eigenvalue weighted by molar-refractivity contribution is 5.86. The zero-order valence-electron chi connectivity index (χ0n) is 15.2. The van der Waals surface area contributed by atoms with Crippen LogP contribution in [0.5, 0.6) is 0 Å². The van der Waals surface area contributed by atoms with Crippen molar-refractivity contribution in [3.05, 3.63) is 35.5 Å². The Morgan fingerprint density at radius 3 is 2.60 bits per heavy atom. The molecule has 2 aromatic rings. The van der Waals surface area contributed by atoms with Gasteiger partial charge in [0.05, 0.1) is 0 Å². The summed E-state index contributed by atoms with van der Waals surface area (Å²) in [6, 6.07) is 7.86. The van der Waals surface area contributed by atoms with Crippen LogP contribution in [0.25, 0.3) is 10.9 Å². The largest absolute Gasteiger partial charge is 0.480 e. The number of carbonyl (C=O) groups is 1. The summed E-state index contributed by atoms with van der Waals surface area (Å²) in [7, 11) is 0. The molecule has 0 aliphatic carbocycles. The van der Waals surface area contributed by atoms with Gasteiger partial charge in [0.1, 0.15) is 6.04 Å². The van der Waals surface area contributed by atoms with Crippen molar-refractivity contribution in [2.24, 2.45) is 0 Å². The molecule has 0 radical (unpaired) electrons. The van der Waals surface area contributed by atoms with Crippen molar-refractivity contribution < 1.29 is 9.90 Å². The van der Waals surface area contributed by atoms with Crippen molar-refractivity contribution in [1.29, 1.82) is 0 Å². The molecule has 3 rings (SSSR count). The molecule has 3 N–H and O–H groups in total. The van der Waals surface area contributed by atoms with Crippen LogP contribution in [0.3, 0.4) is 0 Å². The number of aliphatic carboxylic acids is 1. The number of para-hydroxylation sites is 1. The van der Waals surface area contributed by atoms with Crippen LogP contribution < -0.4 is 5.32 Å². The fraction of sp³-hybridized carbons (Fsp3) is 0.571. The van der Waals surface area contributed by atoms with Crippen LogP contribution in [0.1, 0.15) is 75.6 Å². The minimum absolute atomic E-state index is 0.118. The molecule has 136 valence electrons. The van der Waals surface area contributed by atoms with Crippen molar-refractivity contribution in [2.45, 2.75) is 76.8 Å². The Hall–Kier alpha value is -1.81. The summed E-state index contributed by atoms with van der Waals surface area (Å²) < 4.78 is 0. The minimum Gasteiger partial charge on any atom is -0.480 e. The number of H-pyrrole nitrogens is 1. The zero-order chi connectivity index (χ0) is 17.6. The highest BCUT2D eigenvalue weighted by Gasteiger charge is 2.32. The van der Waals surface area contributed by atoms with E-state index >= 15 is 0 Å². The van der Waals surface area contributed by atoms with Crippen molar-refractivity contribution >= 4 is 16.9 Å². The maximum atomic E-state index is 11.6. The van der Waals surface area contributed by atoms with Gasteiger partial charge in [0.25, 0.3) is 0 Å². The molecule has 1 aliphatic rings. The summed E-state index contributed by atoms with van der Waals surface area (Å²) in [6.07, 6.45) is 10.5. The van der Waals surface area contributed by atoms with Crippen LogP contribution in [0.15, 0.2) is 24.3 Å². The van der Waals surface area contributed by atoms with Gasteiger partial charge >= 0.3 is 5.97 Å². The molecular formula is C21H30N2O2. The fourth-order valence-electron chi connectivity index (χ4n) is 4.02. The van der Waals surface area contributed by atoms with E-state index in [1.54, 1.807) is 0 Å². The lowest BCUT2D eigenvalue weighted by molar-refractivity contribution is -0.139. The molecule has 0 saturated heterocycles. The van der Waals surface area contributed by atoms with Gasteiger partial charge in [-0.1, -0.05) is 70.1 Å². The smallest absolute Gasteiger partial charge is 0.321 e. The number of benzene rings is 1. The molecule has 0 fully saturated rings. The van der Waals surface area contributed by atoms with Gasteiger partial charge < -0.3 is 10.1 Å². The summed E-state index contributed by atoms with van der Waals surface area (Å²) >= 11 is 0. The van der Waals surface area contributed by atoms with E-state index in [0.717, 1.165) is 18.4 Å². The SMILES string of the molecule is CCCCCCCCC[C@H]1N[C@@H](C(=O)O)Cc2c1[nH]c1ccccc21. The second-order valence-corrected chi connectivity index (χ2v) is 7.29. The zero-order valence-corrected chi connectivity index (χ0v) is 15.2. The Labute approximate surface area is 150 Å². The number of fused-ring (bicyclic) bond motifs is 3. The Kier molecular flexibility index (Phi) is 6.14. The molecule has 0 unspecified atom stereocenters. The first kappa shape index (κ1) is 18.0. The number of carboxylic acids is 1. The maximum Gasteiger partial charge on any atom is 0.321 e. The quantitative estimate of drug-likeness (QED) is 0.565. The van der Waals surface area contributed by atoms with Gasteiger partial charge in [-0.25, -0.2) is 0 Å². The Morgan fingerprint density at radius 2 is 1.84 bits per heavy atom. The second kappa shape index (κ2) is 8.52. The predicted octanol–water partition coefficient (Wildman–Crippen LogP) is 4.95. The number of aromatic nitrogens is 1. The van der Waals surface area contributed by atoms with Crippen molar-refractivity contribution in [2.75, 3.05) is 0 Å². The average molecular weight is 342 g/mol. The number of carboxylic acid groups (broad SMARTS) is 1. The Morgan fingerprint density at radius 1 is 1.12 bits per heavy atom. The van der Waals surface area contributed by atoms with Crippen LogP contribution in [0.4, 0.5) is 0 Å². The molecule has 0 spiro atoms. The summed E-state index contributed by atoms with van der Waals surface area (Å²) in [5.41, 5.74) is 3.50. The second-order valence-electron chi connectivity index (χ2n) is 7.29. The number of nitrogens with one attached hydrogen (secondary N) is 2. The summed E-state index contributed by atoms with van der Waals surface area (Å²) in [4.78, 5) is 15.1. The molecule has 0 amide bonds. The fourth-order valence-corrected chi connectivity index (χ4v) is 4.02. The minimum atomic E-state index is -0.750. The highest BCUT2D eigenvalue weighted by Crippen LogP contribution is 2.34. The molecule has 4 nitrogen and oxygen atoms in total. The van der Waals surface area contributed by atoms with E-state index < -0.39 is 12.0 Å². The molecule has 2 heterocycles. The van der Waals surface area contributed by atoms with Gasteiger partial charge in [-0.3, -0.25) is 10.1 Å². The summed E-state index contributed by atoms with van der Waals surface area (Å²) in [5.74, 6) is -0.750. The van der Waals surface area contributed by atoms with E-state index in [4.69, 9.17) is 0 Å². The Balaban J connectivity index is 1.66. The number of unbranched alkanes of at least 4 members (excludes halogenated alkanes) is 6. The third-order valence-corrected chi connectivity index (χ3v) is 5.40. The molecular weight excluding hydrogens is 312 g/mol. The first-order valence-corrected chi connectivity index (χ1v) is 9.79. The van der Waals surface area contributed by atoms with Crippen LogP contribution in [-0.2, 0) is 11.2 Å². The van der Waals surface area contributed by atoms with E-state index in [0.29, 0.717) is 6.42 Å². The monoisotopic (exact) mass is 342 g/mol. The first-order valence-electron chi connectivity index (χ1n) is 9.79. The van der Waals surface area contributed by atoms with Crippen LogP contribution in [-0.4, -0.2) is 22.1 Å². The third kappa shape index (κ3) is 4.24. The van der Waals surface area contributed by atoms with Gasteiger partial charge in [-0.15, -0.1) is 0 Å².